The molecule has 0 aromatic rings. The summed E-state index contributed by atoms with van der Waals surface area (Å²) in [5, 5.41) is 5.57. The molecule has 2 amide bonds. The molecule has 4 rings (SSSR count). The normalized spacial score (nSPS) is 36.9. The van der Waals surface area contributed by atoms with E-state index in [4.69, 9.17) is 0 Å². The van der Waals surface area contributed by atoms with Gasteiger partial charge in [0.1, 0.15) is 6.04 Å². The smallest absolute Gasteiger partial charge is 0.242 e. The van der Waals surface area contributed by atoms with Gasteiger partial charge >= 0.3 is 0 Å². The van der Waals surface area contributed by atoms with Crippen LogP contribution in [0.2, 0.25) is 0 Å². The molecule has 4 nitrogen and oxygen atoms in total. The quantitative estimate of drug-likeness (QED) is 0.788. The first kappa shape index (κ1) is 16.2. The van der Waals surface area contributed by atoms with Crippen molar-refractivity contribution in [1.82, 2.24) is 10.6 Å². The highest BCUT2D eigenvalue weighted by Crippen LogP contribution is 2.60. The van der Waals surface area contributed by atoms with Crippen molar-refractivity contribution in [3.05, 3.63) is 0 Å². The van der Waals surface area contributed by atoms with E-state index in [1.807, 2.05) is 18.7 Å². The fourth-order valence-electron chi connectivity index (χ4n) is 5.10. The Hall–Kier alpha value is -0.710. The lowest BCUT2D eigenvalue weighted by molar-refractivity contribution is -0.127. The van der Waals surface area contributed by atoms with E-state index in [0.717, 1.165) is 17.8 Å². The molecule has 0 aromatic heterocycles. The van der Waals surface area contributed by atoms with E-state index >= 15 is 0 Å². The van der Waals surface area contributed by atoms with Gasteiger partial charge in [0.15, 0.2) is 0 Å². The summed E-state index contributed by atoms with van der Waals surface area (Å²) >= 11 is 1.87. The number of carbonyl (C=O) groups excluding carboxylic acids is 2. The molecule has 0 aliphatic heterocycles. The first-order valence-electron chi connectivity index (χ1n) is 8.70. The van der Waals surface area contributed by atoms with Crippen LogP contribution in [0.1, 0.15) is 52.4 Å². The van der Waals surface area contributed by atoms with E-state index in [0.29, 0.717) is 17.0 Å². The third-order valence-electron chi connectivity index (χ3n) is 5.61. The van der Waals surface area contributed by atoms with Crippen molar-refractivity contribution in [2.45, 2.75) is 63.2 Å². The van der Waals surface area contributed by atoms with Gasteiger partial charge in [0.25, 0.3) is 0 Å². The fraction of sp³-hybridized carbons (Fsp3) is 0.882. The van der Waals surface area contributed by atoms with Crippen LogP contribution in [0, 0.1) is 17.8 Å². The number of hydrogen-bond donors (Lipinski definition) is 2. The van der Waals surface area contributed by atoms with Crippen LogP contribution in [-0.2, 0) is 9.59 Å². The Bertz CT molecular complexity index is 417. The van der Waals surface area contributed by atoms with Gasteiger partial charge in [0, 0.05) is 11.3 Å². The molecule has 0 saturated heterocycles. The molecular weight excluding hydrogens is 296 g/mol. The molecule has 0 radical (unpaired) electrons. The molecular formula is C17H28N2O2S. The zero-order valence-corrected chi connectivity index (χ0v) is 14.5. The number of likely N-dealkylation sites (N-methyl/N-ethyl adjacent to an activating group) is 1. The monoisotopic (exact) mass is 324 g/mol. The Morgan fingerprint density at radius 3 is 2.18 bits per heavy atom. The molecule has 2 N–H and O–H groups in total. The zero-order chi connectivity index (χ0) is 15.7. The lowest BCUT2D eigenvalue weighted by Crippen LogP contribution is -2.50. The maximum Gasteiger partial charge on any atom is 0.242 e. The first-order chi connectivity index (χ1) is 10.5. The Labute approximate surface area is 137 Å². The van der Waals surface area contributed by atoms with Crippen molar-refractivity contribution < 1.29 is 9.59 Å². The molecule has 4 aliphatic rings. The first-order valence-corrected chi connectivity index (χ1v) is 9.69. The Morgan fingerprint density at radius 2 is 1.68 bits per heavy atom. The minimum absolute atomic E-state index is 0.000464. The summed E-state index contributed by atoms with van der Waals surface area (Å²) < 4.78 is 0.362. The number of rotatable bonds is 6. The second kappa shape index (κ2) is 6.42. The predicted molar refractivity (Wildman–Crippen MR) is 89.6 cm³/mol. The van der Waals surface area contributed by atoms with E-state index < -0.39 is 6.04 Å². The number of nitrogens with one attached hydrogen (secondary N) is 2. The number of amides is 2. The van der Waals surface area contributed by atoms with E-state index in [2.05, 4.69) is 10.6 Å². The molecule has 0 spiro atoms. The van der Waals surface area contributed by atoms with Crippen LogP contribution in [0.5, 0.6) is 0 Å². The van der Waals surface area contributed by atoms with Crippen molar-refractivity contribution in [2.24, 2.45) is 17.8 Å². The van der Waals surface area contributed by atoms with Gasteiger partial charge in [0.2, 0.25) is 11.8 Å². The standard InChI is InChI=1S/C17H28N2O2S/c1-3-18-16(21)11(2)19-15(20)10-22-17-7-12-4-13(8-17)6-14(5-12)9-17/h11-14H,3-10H2,1-2H3,(H,18,21)(H,19,20)/t11-,12?,13?,14?,17?/m0/s1. The number of carbonyl (C=O) groups is 2. The number of thioether (sulfide) groups is 1. The fourth-order valence-corrected chi connectivity index (χ4v) is 6.68. The summed E-state index contributed by atoms with van der Waals surface area (Å²) in [7, 11) is 0. The highest BCUT2D eigenvalue weighted by molar-refractivity contribution is 8.01. The summed E-state index contributed by atoms with van der Waals surface area (Å²) in [4.78, 5) is 23.8. The molecule has 5 heteroatoms. The van der Waals surface area contributed by atoms with Crippen LogP contribution in [0.25, 0.3) is 0 Å². The summed E-state index contributed by atoms with van der Waals surface area (Å²) in [5.74, 6) is 3.13. The van der Waals surface area contributed by atoms with Gasteiger partial charge in [-0.25, -0.2) is 0 Å². The topological polar surface area (TPSA) is 58.2 Å². The molecule has 0 heterocycles. The van der Waals surface area contributed by atoms with Gasteiger partial charge in [0.05, 0.1) is 5.75 Å². The van der Waals surface area contributed by atoms with Crippen molar-refractivity contribution in [2.75, 3.05) is 12.3 Å². The third-order valence-corrected chi connectivity index (χ3v) is 7.13. The average molecular weight is 324 g/mol. The molecule has 4 saturated carbocycles. The summed E-state index contributed by atoms with van der Waals surface area (Å²) in [6.07, 6.45) is 8.22. The van der Waals surface area contributed by atoms with Crippen LogP contribution < -0.4 is 10.6 Å². The van der Waals surface area contributed by atoms with Gasteiger partial charge < -0.3 is 10.6 Å². The zero-order valence-electron chi connectivity index (χ0n) is 13.7. The Morgan fingerprint density at radius 1 is 1.14 bits per heavy atom. The highest BCUT2D eigenvalue weighted by atomic mass is 32.2. The van der Waals surface area contributed by atoms with Gasteiger partial charge in [-0.1, -0.05) is 0 Å². The summed E-state index contributed by atoms with van der Waals surface area (Å²) in [5.41, 5.74) is 0. The molecule has 4 bridgehead atoms. The second-order valence-corrected chi connectivity index (χ2v) is 9.02. The molecule has 1 atom stereocenters. The van der Waals surface area contributed by atoms with Crippen LogP contribution in [0.4, 0.5) is 0 Å². The van der Waals surface area contributed by atoms with Gasteiger partial charge in [-0.15, -0.1) is 11.8 Å². The van der Waals surface area contributed by atoms with Crippen LogP contribution >= 0.6 is 11.8 Å². The Kier molecular flexibility index (Phi) is 4.72. The largest absolute Gasteiger partial charge is 0.355 e. The summed E-state index contributed by atoms with van der Waals surface area (Å²) in [6, 6.07) is -0.440. The van der Waals surface area contributed by atoms with Crippen LogP contribution in [-0.4, -0.2) is 34.9 Å². The van der Waals surface area contributed by atoms with E-state index in [1.54, 1.807) is 6.92 Å². The molecule has 22 heavy (non-hydrogen) atoms. The van der Waals surface area contributed by atoms with E-state index in [-0.39, 0.29) is 11.8 Å². The molecule has 0 aromatic carbocycles. The Balaban J connectivity index is 1.48. The molecule has 4 aliphatic carbocycles. The predicted octanol–water partition coefficient (Wildman–Crippen LogP) is 2.33. The highest BCUT2D eigenvalue weighted by Gasteiger charge is 2.51. The number of hydrogen-bond acceptors (Lipinski definition) is 3. The SMILES string of the molecule is CCNC(=O)[C@H](C)NC(=O)CSC12CC3CC(CC(C3)C1)C2. The second-order valence-electron chi connectivity index (χ2n) is 7.57. The van der Waals surface area contributed by atoms with E-state index in [9.17, 15) is 9.59 Å². The summed E-state index contributed by atoms with van der Waals surface area (Å²) in [6.45, 7) is 4.23. The molecule has 0 unspecified atom stereocenters. The lowest BCUT2D eigenvalue weighted by atomic mass is 9.56. The maximum absolute atomic E-state index is 12.1. The van der Waals surface area contributed by atoms with Crippen LogP contribution in [0.3, 0.4) is 0 Å². The van der Waals surface area contributed by atoms with E-state index in [1.165, 1.54) is 38.5 Å². The lowest BCUT2D eigenvalue weighted by Gasteiger charge is -2.56. The molecule has 124 valence electrons. The van der Waals surface area contributed by atoms with Crippen LogP contribution in [0.15, 0.2) is 0 Å². The minimum atomic E-state index is -0.440. The average Bonchev–Trinajstić information content (AvgIpc) is 2.44. The van der Waals surface area contributed by atoms with Crippen molar-refractivity contribution in [3.8, 4) is 0 Å². The van der Waals surface area contributed by atoms with Crippen molar-refractivity contribution >= 4 is 23.6 Å². The minimum Gasteiger partial charge on any atom is -0.355 e. The van der Waals surface area contributed by atoms with Gasteiger partial charge in [-0.05, 0) is 70.1 Å². The van der Waals surface area contributed by atoms with Gasteiger partial charge in [-0.3, -0.25) is 9.59 Å². The van der Waals surface area contributed by atoms with Crippen molar-refractivity contribution in [3.63, 3.8) is 0 Å². The third kappa shape index (κ3) is 3.44. The maximum atomic E-state index is 12.1. The van der Waals surface area contributed by atoms with Gasteiger partial charge in [-0.2, -0.15) is 0 Å². The van der Waals surface area contributed by atoms with Crippen molar-refractivity contribution in [1.29, 1.82) is 0 Å². The molecule has 4 fully saturated rings.